The normalized spacial score (nSPS) is 18.1. The lowest BCUT2D eigenvalue weighted by atomic mass is 10.0. The first-order valence-corrected chi connectivity index (χ1v) is 11.0. The van der Waals surface area contributed by atoms with Crippen LogP contribution in [0.3, 0.4) is 0 Å². The SMILES string of the molecule is C=CC(=O)N1CCC(N2NC(c3ccc(Oc4ccccc4)cc3)c3c(N)ncnc32)CC1. The van der Waals surface area contributed by atoms with Crippen LogP contribution in [0.4, 0.5) is 11.6 Å². The first-order valence-electron chi connectivity index (χ1n) is 11.0. The number of piperidine rings is 1. The van der Waals surface area contributed by atoms with Gasteiger partial charge < -0.3 is 15.4 Å². The van der Waals surface area contributed by atoms with Crippen LogP contribution in [-0.4, -0.2) is 39.9 Å². The van der Waals surface area contributed by atoms with Crippen LogP contribution in [0, 0.1) is 0 Å². The number of amides is 1. The molecule has 0 aliphatic carbocycles. The summed E-state index contributed by atoms with van der Waals surface area (Å²) >= 11 is 0. The number of nitrogens with one attached hydrogen (secondary N) is 1. The van der Waals surface area contributed by atoms with E-state index >= 15 is 0 Å². The standard InChI is InChI=1S/C25H26N6O2/c1-2-21(32)30-14-12-18(13-15-30)31-25-22(24(26)27-16-28-25)23(29-31)17-8-10-20(11-9-17)33-19-6-4-3-5-7-19/h2-11,16,18,23,29H,1,12-15H2,(H2,26,27,28). The second-order valence-electron chi connectivity index (χ2n) is 8.17. The van der Waals surface area contributed by atoms with E-state index in [9.17, 15) is 4.79 Å². The Morgan fingerprint density at radius 2 is 1.76 bits per heavy atom. The highest BCUT2D eigenvalue weighted by atomic mass is 16.5. The van der Waals surface area contributed by atoms with E-state index in [1.807, 2.05) is 59.5 Å². The zero-order chi connectivity index (χ0) is 22.8. The number of hydrogen-bond donors (Lipinski definition) is 2. The third-order valence-electron chi connectivity index (χ3n) is 6.19. The van der Waals surface area contributed by atoms with Crippen molar-refractivity contribution in [2.45, 2.75) is 24.9 Å². The molecule has 2 aliphatic rings. The number of hydrogen-bond acceptors (Lipinski definition) is 7. The number of aromatic nitrogens is 2. The number of para-hydroxylation sites is 1. The second-order valence-corrected chi connectivity index (χ2v) is 8.17. The molecule has 2 aliphatic heterocycles. The molecule has 1 amide bonds. The predicted octanol–water partition coefficient (Wildman–Crippen LogP) is 3.44. The van der Waals surface area contributed by atoms with E-state index in [2.05, 4.69) is 27.0 Å². The molecule has 8 nitrogen and oxygen atoms in total. The number of fused-ring (bicyclic) bond motifs is 1. The summed E-state index contributed by atoms with van der Waals surface area (Å²) < 4.78 is 5.92. The lowest BCUT2D eigenvalue weighted by Crippen LogP contribution is -2.50. The summed E-state index contributed by atoms with van der Waals surface area (Å²) in [5.74, 6) is 2.79. The van der Waals surface area contributed by atoms with Crippen LogP contribution in [0.5, 0.6) is 11.5 Å². The minimum atomic E-state index is -0.167. The molecule has 3 aromatic rings. The first-order chi connectivity index (χ1) is 16.1. The fraction of sp³-hybridized carbons (Fsp3) is 0.240. The van der Waals surface area contributed by atoms with Crippen molar-refractivity contribution < 1.29 is 9.53 Å². The lowest BCUT2D eigenvalue weighted by Gasteiger charge is -2.37. The molecule has 8 heteroatoms. The van der Waals surface area contributed by atoms with E-state index in [0.29, 0.717) is 18.9 Å². The number of likely N-dealkylation sites (tertiary alicyclic amines) is 1. The highest BCUT2D eigenvalue weighted by molar-refractivity contribution is 5.87. The molecular weight excluding hydrogens is 416 g/mol. The van der Waals surface area contributed by atoms with Gasteiger partial charge in [0.25, 0.3) is 0 Å². The average Bonchev–Trinajstić information content (AvgIpc) is 3.26. The van der Waals surface area contributed by atoms with Crippen LogP contribution in [0.25, 0.3) is 0 Å². The molecular formula is C25H26N6O2. The topological polar surface area (TPSA) is 96.6 Å². The minimum Gasteiger partial charge on any atom is -0.457 e. The Morgan fingerprint density at radius 3 is 2.45 bits per heavy atom. The smallest absolute Gasteiger partial charge is 0.245 e. The lowest BCUT2D eigenvalue weighted by molar-refractivity contribution is -0.127. The number of nitrogens with two attached hydrogens (primary N) is 1. The van der Waals surface area contributed by atoms with Crippen LogP contribution < -0.4 is 20.9 Å². The number of nitrogen functional groups attached to an aromatic ring is 1. The molecule has 2 aromatic carbocycles. The molecule has 0 radical (unpaired) electrons. The van der Waals surface area contributed by atoms with Crippen molar-refractivity contribution in [3.05, 3.63) is 84.7 Å². The maximum Gasteiger partial charge on any atom is 0.245 e. The van der Waals surface area contributed by atoms with Crippen molar-refractivity contribution >= 4 is 17.5 Å². The van der Waals surface area contributed by atoms with Crippen molar-refractivity contribution in [1.82, 2.24) is 20.3 Å². The molecule has 1 saturated heterocycles. The van der Waals surface area contributed by atoms with E-state index in [1.165, 1.54) is 12.4 Å². The van der Waals surface area contributed by atoms with Crippen LogP contribution in [0.15, 0.2) is 73.6 Å². The van der Waals surface area contributed by atoms with Crippen molar-refractivity contribution in [2.24, 2.45) is 0 Å². The number of benzene rings is 2. The van der Waals surface area contributed by atoms with Gasteiger partial charge in [-0.3, -0.25) is 9.80 Å². The number of hydrazine groups is 1. The van der Waals surface area contributed by atoms with Gasteiger partial charge in [-0.1, -0.05) is 36.9 Å². The molecule has 1 fully saturated rings. The van der Waals surface area contributed by atoms with Crippen molar-refractivity contribution in [2.75, 3.05) is 23.8 Å². The second kappa shape index (κ2) is 8.91. The molecule has 1 unspecified atom stereocenters. The van der Waals surface area contributed by atoms with Gasteiger partial charge in [0.1, 0.15) is 23.6 Å². The summed E-state index contributed by atoms with van der Waals surface area (Å²) in [4.78, 5) is 22.6. The van der Waals surface area contributed by atoms with Gasteiger partial charge in [0.15, 0.2) is 5.82 Å². The molecule has 1 atom stereocenters. The first kappa shape index (κ1) is 21.0. The number of rotatable bonds is 5. The number of ether oxygens (including phenoxy) is 1. The summed E-state index contributed by atoms with van der Waals surface area (Å²) in [5.41, 5.74) is 11.8. The minimum absolute atomic E-state index is 0.0227. The van der Waals surface area contributed by atoms with Gasteiger partial charge in [-0.2, -0.15) is 0 Å². The summed E-state index contributed by atoms with van der Waals surface area (Å²) in [6.45, 7) is 4.95. The number of anilines is 2. The summed E-state index contributed by atoms with van der Waals surface area (Å²) in [7, 11) is 0. The van der Waals surface area contributed by atoms with Gasteiger partial charge in [-0.25, -0.2) is 15.4 Å². The van der Waals surface area contributed by atoms with E-state index in [0.717, 1.165) is 41.3 Å². The van der Waals surface area contributed by atoms with Gasteiger partial charge in [-0.05, 0) is 48.7 Å². The van der Waals surface area contributed by atoms with Crippen molar-refractivity contribution in [3.63, 3.8) is 0 Å². The number of carbonyl (C=O) groups is 1. The van der Waals surface area contributed by atoms with Crippen LogP contribution in [0.2, 0.25) is 0 Å². The summed E-state index contributed by atoms with van der Waals surface area (Å²) in [6, 6.07) is 17.7. The van der Waals surface area contributed by atoms with Gasteiger partial charge in [0.05, 0.1) is 17.6 Å². The Labute approximate surface area is 192 Å². The predicted molar refractivity (Wildman–Crippen MR) is 127 cm³/mol. The molecule has 3 heterocycles. The Balaban J connectivity index is 1.36. The number of nitrogens with zero attached hydrogens (tertiary/aromatic N) is 4. The maximum absolute atomic E-state index is 11.9. The molecule has 5 rings (SSSR count). The van der Waals surface area contributed by atoms with E-state index in [4.69, 9.17) is 10.5 Å². The molecule has 0 saturated carbocycles. The number of carbonyl (C=O) groups excluding carboxylic acids is 1. The van der Waals surface area contributed by atoms with Crippen LogP contribution in [0.1, 0.15) is 30.0 Å². The average molecular weight is 443 g/mol. The highest BCUT2D eigenvalue weighted by Crippen LogP contribution is 2.40. The molecule has 168 valence electrons. The molecule has 3 N–H and O–H groups in total. The monoisotopic (exact) mass is 442 g/mol. The molecule has 0 spiro atoms. The third kappa shape index (κ3) is 4.12. The van der Waals surface area contributed by atoms with Crippen LogP contribution in [-0.2, 0) is 4.79 Å². The van der Waals surface area contributed by atoms with Gasteiger partial charge >= 0.3 is 0 Å². The van der Waals surface area contributed by atoms with E-state index in [-0.39, 0.29) is 18.0 Å². The fourth-order valence-electron chi connectivity index (χ4n) is 4.48. The van der Waals surface area contributed by atoms with Gasteiger partial charge in [-0.15, -0.1) is 0 Å². The molecule has 1 aromatic heterocycles. The van der Waals surface area contributed by atoms with Crippen LogP contribution >= 0.6 is 0 Å². The fourth-order valence-corrected chi connectivity index (χ4v) is 4.48. The van der Waals surface area contributed by atoms with Gasteiger partial charge in [0.2, 0.25) is 5.91 Å². The maximum atomic E-state index is 11.9. The summed E-state index contributed by atoms with van der Waals surface area (Å²) in [6.07, 6.45) is 4.52. The summed E-state index contributed by atoms with van der Waals surface area (Å²) in [5, 5.41) is 2.10. The zero-order valence-corrected chi connectivity index (χ0v) is 18.2. The van der Waals surface area contributed by atoms with Gasteiger partial charge in [0, 0.05) is 13.1 Å². The zero-order valence-electron chi connectivity index (χ0n) is 18.2. The highest BCUT2D eigenvalue weighted by Gasteiger charge is 2.38. The van der Waals surface area contributed by atoms with Crippen molar-refractivity contribution in [1.29, 1.82) is 0 Å². The largest absolute Gasteiger partial charge is 0.457 e. The van der Waals surface area contributed by atoms with E-state index < -0.39 is 0 Å². The Morgan fingerprint density at radius 1 is 1.06 bits per heavy atom. The van der Waals surface area contributed by atoms with Crippen molar-refractivity contribution in [3.8, 4) is 11.5 Å². The third-order valence-corrected chi connectivity index (χ3v) is 6.19. The van der Waals surface area contributed by atoms with E-state index in [1.54, 1.807) is 0 Å². The Kier molecular flexibility index (Phi) is 5.66. The quantitative estimate of drug-likeness (QED) is 0.584. The Bertz CT molecular complexity index is 1140. The Hall–Kier alpha value is -3.91. The molecule has 33 heavy (non-hydrogen) atoms. The molecule has 0 bridgehead atoms.